The summed E-state index contributed by atoms with van der Waals surface area (Å²) in [6.07, 6.45) is 7.47. The minimum Gasteiger partial charge on any atom is -0.511 e. The summed E-state index contributed by atoms with van der Waals surface area (Å²) in [5, 5.41) is 9.43. The Morgan fingerprint density at radius 2 is 1.67 bits per heavy atom. The summed E-state index contributed by atoms with van der Waals surface area (Å²) in [5.41, 5.74) is 0.931. The van der Waals surface area contributed by atoms with Crippen molar-refractivity contribution in [2.24, 2.45) is 0 Å². The van der Waals surface area contributed by atoms with E-state index in [-0.39, 0.29) is 17.1 Å². The maximum Gasteiger partial charge on any atom is 0.171 e. The molecule has 0 radical (unpaired) electrons. The van der Waals surface area contributed by atoms with E-state index in [0.29, 0.717) is 0 Å². The first kappa shape index (κ1) is 19.8. The van der Waals surface area contributed by atoms with E-state index in [9.17, 15) is 9.90 Å². The second-order valence-electron chi connectivity index (χ2n) is 5.91. The lowest BCUT2D eigenvalue weighted by Gasteiger charge is -2.06. The van der Waals surface area contributed by atoms with Crippen LogP contribution in [-0.4, -0.2) is 17.5 Å². The number of aliphatic hydroxyl groups is 1. The number of aliphatic hydroxyl groups excluding tert-OH is 1. The van der Waals surface area contributed by atoms with Crippen molar-refractivity contribution < 1.29 is 14.6 Å². The predicted molar refractivity (Wildman–Crippen MR) is 98.2 cm³/mol. The van der Waals surface area contributed by atoms with E-state index in [1.807, 2.05) is 24.3 Å². The fourth-order valence-corrected chi connectivity index (χ4v) is 2.27. The van der Waals surface area contributed by atoms with Gasteiger partial charge in [0.15, 0.2) is 5.78 Å². The first-order valence-electron chi connectivity index (χ1n) is 8.70. The number of hydrogen-bond acceptors (Lipinski definition) is 3. The van der Waals surface area contributed by atoms with Gasteiger partial charge in [0, 0.05) is 5.56 Å². The first-order valence-corrected chi connectivity index (χ1v) is 8.70. The number of ketones is 1. The third-order valence-corrected chi connectivity index (χ3v) is 3.67. The molecule has 0 heterocycles. The van der Waals surface area contributed by atoms with Crippen LogP contribution in [0.2, 0.25) is 0 Å². The zero-order chi connectivity index (χ0) is 17.8. The van der Waals surface area contributed by atoms with Gasteiger partial charge in [0.05, 0.1) is 6.61 Å². The number of unbranched alkanes of at least 4 members (excludes halogenated alkanes) is 5. The van der Waals surface area contributed by atoms with Crippen molar-refractivity contribution in [3.8, 4) is 17.6 Å². The molecule has 0 aromatic heterocycles. The van der Waals surface area contributed by atoms with E-state index in [2.05, 4.69) is 18.8 Å². The number of carbonyl (C=O) groups excluding carboxylic acids is 1. The van der Waals surface area contributed by atoms with Gasteiger partial charge in [-0.3, -0.25) is 4.79 Å². The molecule has 0 spiro atoms. The number of ether oxygens (including phenoxy) is 1. The number of rotatable bonds is 9. The molecule has 3 heteroatoms. The zero-order valence-electron chi connectivity index (χ0n) is 15.0. The van der Waals surface area contributed by atoms with Gasteiger partial charge in [-0.05, 0) is 44.5 Å². The third-order valence-electron chi connectivity index (χ3n) is 3.67. The van der Waals surface area contributed by atoms with Crippen LogP contribution >= 0.6 is 0 Å². The minimum atomic E-state index is -0.235. The van der Waals surface area contributed by atoms with Crippen LogP contribution < -0.4 is 4.74 Å². The van der Waals surface area contributed by atoms with Crippen molar-refractivity contribution in [1.82, 2.24) is 0 Å². The number of carbonyl (C=O) groups is 1. The van der Waals surface area contributed by atoms with Gasteiger partial charge in [0.1, 0.15) is 17.1 Å². The Labute approximate surface area is 145 Å². The molecule has 0 atom stereocenters. The highest BCUT2D eigenvalue weighted by Crippen LogP contribution is 2.13. The van der Waals surface area contributed by atoms with Gasteiger partial charge in [-0.1, -0.05) is 50.9 Å². The van der Waals surface area contributed by atoms with Crippen LogP contribution in [0.25, 0.3) is 0 Å². The summed E-state index contributed by atoms with van der Waals surface area (Å²) in [6, 6.07) is 7.47. The smallest absolute Gasteiger partial charge is 0.171 e. The summed E-state index contributed by atoms with van der Waals surface area (Å²) < 4.78 is 5.72. The van der Waals surface area contributed by atoms with E-state index < -0.39 is 0 Å². The molecule has 1 rings (SSSR count). The van der Waals surface area contributed by atoms with Gasteiger partial charge >= 0.3 is 0 Å². The molecule has 0 aliphatic carbocycles. The van der Waals surface area contributed by atoms with E-state index in [1.54, 1.807) is 0 Å². The van der Waals surface area contributed by atoms with Crippen molar-refractivity contribution in [2.45, 2.75) is 59.3 Å². The second kappa shape index (κ2) is 11.3. The average molecular weight is 328 g/mol. The zero-order valence-corrected chi connectivity index (χ0v) is 15.0. The average Bonchev–Trinajstić information content (AvgIpc) is 2.55. The van der Waals surface area contributed by atoms with Gasteiger partial charge in [-0.2, -0.15) is 0 Å². The lowest BCUT2D eigenvalue weighted by molar-refractivity contribution is -0.113. The molecule has 0 fully saturated rings. The van der Waals surface area contributed by atoms with Crippen LogP contribution in [0, 0.1) is 11.8 Å². The Balaban J connectivity index is 2.44. The minimum absolute atomic E-state index is 0.0473. The molecule has 24 heavy (non-hydrogen) atoms. The van der Waals surface area contributed by atoms with Gasteiger partial charge in [0.2, 0.25) is 0 Å². The van der Waals surface area contributed by atoms with Crippen LogP contribution in [0.5, 0.6) is 5.75 Å². The number of hydrogen-bond donors (Lipinski definition) is 1. The second-order valence-corrected chi connectivity index (χ2v) is 5.91. The quantitative estimate of drug-likeness (QED) is 0.293. The lowest BCUT2D eigenvalue weighted by atomic mass is 10.1. The van der Waals surface area contributed by atoms with Crippen LogP contribution in [-0.2, 0) is 4.79 Å². The lowest BCUT2D eigenvalue weighted by Crippen LogP contribution is -1.98. The molecule has 0 amide bonds. The Morgan fingerprint density at radius 3 is 2.25 bits per heavy atom. The van der Waals surface area contributed by atoms with Crippen molar-refractivity contribution in [2.75, 3.05) is 6.61 Å². The third kappa shape index (κ3) is 7.87. The molecule has 0 aliphatic rings. The molecule has 0 bridgehead atoms. The van der Waals surface area contributed by atoms with E-state index in [4.69, 9.17) is 4.74 Å². The molecule has 0 aliphatic heterocycles. The first-order chi connectivity index (χ1) is 11.5. The van der Waals surface area contributed by atoms with Gasteiger partial charge in [-0.25, -0.2) is 0 Å². The normalized spacial score (nSPS) is 11.3. The van der Waals surface area contributed by atoms with Crippen molar-refractivity contribution in [3.63, 3.8) is 0 Å². The van der Waals surface area contributed by atoms with Gasteiger partial charge in [0.25, 0.3) is 0 Å². The van der Waals surface area contributed by atoms with E-state index in [1.165, 1.54) is 46.0 Å². The highest BCUT2D eigenvalue weighted by Gasteiger charge is 2.03. The molecule has 1 aromatic rings. The van der Waals surface area contributed by atoms with Gasteiger partial charge < -0.3 is 9.84 Å². The Hall–Kier alpha value is -2.21. The van der Waals surface area contributed by atoms with Crippen molar-refractivity contribution >= 4 is 5.78 Å². The molecule has 0 saturated heterocycles. The Kier molecular flexibility index (Phi) is 9.38. The molecular formula is C21H28O3. The monoisotopic (exact) mass is 328 g/mol. The Bertz CT molecular complexity index is 596. The molecule has 130 valence electrons. The summed E-state index contributed by atoms with van der Waals surface area (Å²) >= 11 is 0. The maximum absolute atomic E-state index is 11.4. The Morgan fingerprint density at radius 1 is 1.04 bits per heavy atom. The highest BCUT2D eigenvalue weighted by atomic mass is 16.5. The van der Waals surface area contributed by atoms with Crippen molar-refractivity contribution in [1.29, 1.82) is 0 Å². The number of allylic oxidation sites excluding steroid dienone is 2. The summed E-state index contributed by atoms with van der Waals surface area (Å²) in [4.78, 5) is 11.4. The van der Waals surface area contributed by atoms with E-state index in [0.717, 1.165) is 24.3 Å². The van der Waals surface area contributed by atoms with Crippen LogP contribution in [0.15, 0.2) is 35.6 Å². The molecule has 1 N–H and O–H groups in total. The SMILES string of the molecule is CCCCCCCCOc1ccc(C#C/C(C(C)=O)=C(/C)O)cc1. The van der Waals surface area contributed by atoms with Crippen LogP contribution in [0.1, 0.15) is 64.9 Å². The fourth-order valence-electron chi connectivity index (χ4n) is 2.27. The predicted octanol–water partition coefficient (Wildman–Crippen LogP) is 5.20. The molecule has 0 unspecified atom stereocenters. The molecule has 1 aromatic carbocycles. The molecule has 0 saturated carbocycles. The highest BCUT2D eigenvalue weighted by molar-refractivity contribution is 5.98. The van der Waals surface area contributed by atoms with Crippen molar-refractivity contribution in [3.05, 3.63) is 41.2 Å². The summed E-state index contributed by atoms with van der Waals surface area (Å²) in [5.74, 6) is 6.15. The fraction of sp³-hybridized carbons (Fsp3) is 0.476. The largest absolute Gasteiger partial charge is 0.511 e. The van der Waals surface area contributed by atoms with Crippen LogP contribution in [0.3, 0.4) is 0 Å². The standard InChI is InChI=1S/C21H28O3/c1-4-5-6-7-8-9-16-24-20-13-10-19(11-14-20)12-15-21(17(2)22)18(3)23/h10-11,13-14,22H,4-9,16H2,1-3H3/b21-17+. The molecular weight excluding hydrogens is 300 g/mol. The topological polar surface area (TPSA) is 46.5 Å². The number of benzene rings is 1. The summed E-state index contributed by atoms with van der Waals surface area (Å²) in [7, 11) is 0. The van der Waals surface area contributed by atoms with Gasteiger partial charge in [-0.15, -0.1) is 0 Å². The number of Topliss-reactive ketones (excluding diaryl/α,β-unsaturated/α-hetero) is 1. The summed E-state index contributed by atoms with van der Waals surface area (Å²) in [6.45, 7) is 5.81. The van der Waals surface area contributed by atoms with Crippen LogP contribution in [0.4, 0.5) is 0 Å². The maximum atomic E-state index is 11.4. The van der Waals surface area contributed by atoms with E-state index >= 15 is 0 Å². The molecule has 3 nitrogen and oxygen atoms in total.